The van der Waals surface area contributed by atoms with Gasteiger partial charge in [-0.3, -0.25) is 9.59 Å². The maximum absolute atomic E-state index is 13.9. The summed E-state index contributed by atoms with van der Waals surface area (Å²) < 4.78 is 62.7. The van der Waals surface area contributed by atoms with Gasteiger partial charge in [-0.2, -0.15) is 13.2 Å². The SMILES string of the molecule is COc1ccccc1NC(=O)COc1ccc2c(=O)c(Oc3cc(C)ccc3C)c(C(F)(F)F)oc2c1. The van der Waals surface area contributed by atoms with Crippen LogP contribution in [0, 0.1) is 13.8 Å². The summed E-state index contributed by atoms with van der Waals surface area (Å²) in [6, 6.07) is 15.5. The molecular weight excluding hydrogens is 491 g/mol. The normalized spacial score (nSPS) is 11.3. The van der Waals surface area contributed by atoms with Gasteiger partial charge in [0.15, 0.2) is 6.61 Å². The van der Waals surface area contributed by atoms with Crippen LogP contribution in [0.15, 0.2) is 69.9 Å². The molecule has 0 unspecified atom stereocenters. The number of methoxy groups -OCH3 is 1. The van der Waals surface area contributed by atoms with E-state index in [2.05, 4.69) is 5.32 Å². The molecule has 10 heteroatoms. The van der Waals surface area contributed by atoms with E-state index in [0.717, 1.165) is 11.6 Å². The Morgan fingerprint density at radius 1 is 1.00 bits per heavy atom. The molecule has 7 nitrogen and oxygen atoms in total. The van der Waals surface area contributed by atoms with Gasteiger partial charge in [-0.05, 0) is 55.3 Å². The van der Waals surface area contributed by atoms with E-state index in [4.69, 9.17) is 18.6 Å². The Hall–Kier alpha value is -4.47. The van der Waals surface area contributed by atoms with Crippen molar-refractivity contribution in [3.8, 4) is 23.0 Å². The molecule has 1 heterocycles. The van der Waals surface area contributed by atoms with Crippen LogP contribution < -0.4 is 25.0 Å². The number of para-hydroxylation sites is 2. The summed E-state index contributed by atoms with van der Waals surface area (Å²) in [4.78, 5) is 25.3. The molecular formula is C27H22F3NO6. The van der Waals surface area contributed by atoms with Gasteiger partial charge in [0.05, 0.1) is 18.2 Å². The molecule has 0 aliphatic carbocycles. The molecule has 37 heavy (non-hydrogen) atoms. The second-order valence-corrected chi connectivity index (χ2v) is 8.15. The average Bonchev–Trinajstić information content (AvgIpc) is 2.86. The zero-order valence-corrected chi connectivity index (χ0v) is 20.1. The van der Waals surface area contributed by atoms with Crippen LogP contribution in [0.25, 0.3) is 11.0 Å². The van der Waals surface area contributed by atoms with Crippen LogP contribution in [0.2, 0.25) is 0 Å². The Balaban J connectivity index is 1.62. The number of rotatable bonds is 7. The number of anilines is 1. The van der Waals surface area contributed by atoms with E-state index in [1.165, 1.54) is 25.3 Å². The second-order valence-electron chi connectivity index (χ2n) is 8.15. The maximum Gasteiger partial charge on any atom is 0.453 e. The fraction of sp³-hybridized carbons (Fsp3) is 0.185. The molecule has 0 atom stereocenters. The number of nitrogens with one attached hydrogen (secondary N) is 1. The number of alkyl halides is 3. The summed E-state index contributed by atoms with van der Waals surface area (Å²) in [7, 11) is 1.46. The molecule has 0 saturated heterocycles. The minimum absolute atomic E-state index is 0.0298. The van der Waals surface area contributed by atoms with Crippen molar-refractivity contribution in [3.05, 3.63) is 87.8 Å². The molecule has 0 fully saturated rings. The van der Waals surface area contributed by atoms with E-state index in [1.807, 2.05) is 0 Å². The van der Waals surface area contributed by atoms with Gasteiger partial charge in [-0.15, -0.1) is 0 Å². The topological polar surface area (TPSA) is 87.0 Å². The van der Waals surface area contributed by atoms with Gasteiger partial charge in [-0.25, -0.2) is 0 Å². The van der Waals surface area contributed by atoms with Gasteiger partial charge in [0.2, 0.25) is 11.2 Å². The Bertz CT molecular complexity index is 1530. The van der Waals surface area contributed by atoms with E-state index in [1.54, 1.807) is 50.2 Å². The van der Waals surface area contributed by atoms with E-state index in [0.29, 0.717) is 17.0 Å². The maximum atomic E-state index is 13.9. The Morgan fingerprint density at radius 2 is 1.76 bits per heavy atom. The Morgan fingerprint density at radius 3 is 2.49 bits per heavy atom. The van der Waals surface area contributed by atoms with Crippen molar-refractivity contribution < 1.29 is 36.6 Å². The standard InChI is InChI=1S/C27H22F3NO6/c1-15-8-9-16(2)21(12-15)36-25-24(33)18-11-10-17(13-22(18)37-26(25)27(28,29)30)35-14-23(32)31-19-6-4-5-7-20(19)34-3/h4-13H,14H2,1-3H3,(H,31,32). The van der Waals surface area contributed by atoms with Crippen molar-refractivity contribution in [1.82, 2.24) is 0 Å². The number of aryl methyl sites for hydroxylation is 2. The summed E-state index contributed by atoms with van der Waals surface area (Å²) in [5.74, 6) is -2.47. The first-order chi connectivity index (χ1) is 17.6. The Labute approximate surface area is 209 Å². The molecule has 4 aromatic rings. The van der Waals surface area contributed by atoms with Crippen LogP contribution in [-0.4, -0.2) is 19.6 Å². The number of ether oxygens (including phenoxy) is 3. The lowest BCUT2D eigenvalue weighted by atomic mass is 10.1. The van der Waals surface area contributed by atoms with E-state index >= 15 is 0 Å². The number of benzene rings is 3. The zero-order valence-electron chi connectivity index (χ0n) is 20.1. The summed E-state index contributed by atoms with van der Waals surface area (Å²) in [6.45, 7) is 2.95. The highest BCUT2D eigenvalue weighted by molar-refractivity contribution is 5.93. The molecule has 1 aromatic heterocycles. The molecule has 3 aromatic carbocycles. The zero-order chi connectivity index (χ0) is 26.7. The van der Waals surface area contributed by atoms with Crippen molar-refractivity contribution >= 4 is 22.6 Å². The number of carbonyl (C=O) groups is 1. The van der Waals surface area contributed by atoms with Crippen molar-refractivity contribution in [3.63, 3.8) is 0 Å². The fourth-order valence-corrected chi connectivity index (χ4v) is 3.54. The summed E-state index contributed by atoms with van der Waals surface area (Å²) >= 11 is 0. The molecule has 4 rings (SSSR count). The third-order valence-electron chi connectivity index (χ3n) is 5.39. The lowest BCUT2D eigenvalue weighted by molar-refractivity contribution is -0.154. The molecule has 0 bridgehead atoms. The summed E-state index contributed by atoms with van der Waals surface area (Å²) in [6.07, 6.45) is -5.01. The van der Waals surface area contributed by atoms with Crippen LogP contribution in [0.4, 0.5) is 18.9 Å². The molecule has 0 aliphatic heterocycles. The average molecular weight is 513 g/mol. The molecule has 0 radical (unpaired) electrons. The molecule has 1 amide bonds. The largest absolute Gasteiger partial charge is 0.495 e. The fourth-order valence-electron chi connectivity index (χ4n) is 3.54. The highest BCUT2D eigenvalue weighted by atomic mass is 19.4. The van der Waals surface area contributed by atoms with Gasteiger partial charge in [0.1, 0.15) is 22.8 Å². The van der Waals surface area contributed by atoms with Crippen LogP contribution in [0.3, 0.4) is 0 Å². The van der Waals surface area contributed by atoms with Crippen LogP contribution in [0.1, 0.15) is 16.9 Å². The summed E-state index contributed by atoms with van der Waals surface area (Å²) in [5, 5.41) is 2.48. The number of carbonyl (C=O) groups excluding carboxylic acids is 1. The van der Waals surface area contributed by atoms with Gasteiger partial charge in [0.25, 0.3) is 11.7 Å². The predicted octanol–water partition coefficient (Wildman–Crippen LogP) is 6.25. The van der Waals surface area contributed by atoms with Gasteiger partial charge >= 0.3 is 6.18 Å². The molecule has 0 spiro atoms. The molecule has 192 valence electrons. The van der Waals surface area contributed by atoms with E-state index in [9.17, 15) is 22.8 Å². The molecule has 0 aliphatic rings. The predicted molar refractivity (Wildman–Crippen MR) is 131 cm³/mol. The van der Waals surface area contributed by atoms with E-state index < -0.39 is 35.6 Å². The van der Waals surface area contributed by atoms with Gasteiger partial charge < -0.3 is 23.9 Å². The van der Waals surface area contributed by atoms with Gasteiger partial charge in [-0.1, -0.05) is 24.3 Å². The number of hydrogen-bond acceptors (Lipinski definition) is 6. The smallest absolute Gasteiger partial charge is 0.453 e. The van der Waals surface area contributed by atoms with E-state index in [-0.39, 0.29) is 22.5 Å². The lowest BCUT2D eigenvalue weighted by Gasteiger charge is -2.15. The summed E-state index contributed by atoms with van der Waals surface area (Å²) in [5.41, 5.74) is 0.363. The monoisotopic (exact) mass is 513 g/mol. The van der Waals surface area contributed by atoms with Crippen molar-refractivity contribution in [1.29, 1.82) is 0 Å². The van der Waals surface area contributed by atoms with Crippen LogP contribution in [-0.2, 0) is 11.0 Å². The van der Waals surface area contributed by atoms with Crippen LogP contribution >= 0.6 is 0 Å². The van der Waals surface area contributed by atoms with Gasteiger partial charge in [0, 0.05) is 6.07 Å². The quantitative estimate of drug-likeness (QED) is 0.315. The lowest BCUT2D eigenvalue weighted by Crippen LogP contribution is -2.20. The Kier molecular flexibility index (Phi) is 7.10. The van der Waals surface area contributed by atoms with Crippen molar-refractivity contribution in [2.75, 3.05) is 19.0 Å². The number of amides is 1. The number of fused-ring (bicyclic) bond motifs is 1. The first-order valence-corrected chi connectivity index (χ1v) is 11.1. The van der Waals surface area contributed by atoms with Crippen molar-refractivity contribution in [2.24, 2.45) is 0 Å². The third-order valence-corrected chi connectivity index (χ3v) is 5.39. The molecule has 1 N–H and O–H groups in total. The first kappa shape index (κ1) is 25.6. The number of hydrogen-bond donors (Lipinski definition) is 1. The number of halogens is 3. The van der Waals surface area contributed by atoms with Crippen LogP contribution in [0.5, 0.6) is 23.0 Å². The third kappa shape index (κ3) is 5.69. The highest BCUT2D eigenvalue weighted by Crippen LogP contribution is 2.39. The second kappa shape index (κ2) is 10.3. The van der Waals surface area contributed by atoms with Crippen molar-refractivity contribution in [2.45, 2.75) is 20.0 Å². The minimum atomic E-state index is -5.01. The molecule has 0 saturated carbocycles. The highest BCUT2D eigenvalue weighted by Gasteiger charge is 2.40. The first-order valence-electron chi connectivity index (χ1n) is 11.1. The minimum Gasteiger partial charge on any atom is -0.495 e.